The zero-order chi connectivity index (χ0) is 14.5. The lowest BCUT2D eigenvalue weighted by atomic mass is 10.2. The summed E-state index contributed by atoms with van der Waals surface area (Å²) in [5.41, 5.74) is 0.965. The van der Waals surface area contributed by atoms with Crippen molar-refractivity contribution in [1.29, 1.82) is 0 Å². The molecule has 20 heavy (non-hydrogen) atoms. The molecule has 0 bridgehead atoms. The second kappa shape index (κ2) is 7.41. The lowest BCUT2D eigenvalue weighted by Crippen LogP contribution is -2.12. The summed E-state index contributed by atoms with van der Waals surface area (Å²) >= 11 is 13.0. The monoisotopic (exact) mass is 418 g/mol. The first-order valence-electron chi connectivity index (χ1n) is 6.08. The Kier molecular flexibility index (Phi) is 5.84. The third kappa shape index (κ3) is 4.19. The molecular formula is C14H13Br2ClN2O. The third-order valence-corrected chi connectivity index (χ3v) is 4.04. The Bertz CT molecular complexity index is 608. The molecule has 0 radical (unpaired) electrons. The molecule has 6 heteroatoms. The van der Waals surface area contributed by atoms with E-state index >= 15 is 0 Å². The normalized spacial score (nSPS) is 10.6. The van der Waals surface area contributed by atoms with Crippen LogP contribution in [0.15, 0.2) is 39.4 Å². The maximum Gasteiger partial charge on any atom is 0.219 e. The topological polar surface area (TPSA) is 34.1 Å². The highest BCUT2D eigenvalue weighted by atomic mass is 79.9. The number of hydrogen-bond acceptors (Lipinski definition) is 3. The summed E-state index contributed by atoms with van der Waals surface area (Å²) in [7, 11) is 0. The Morgan fingerprint density at radius 2 is 2.10 bits per heavy atom. The van der Waals surface area contributed by atoms with Crippen LogP contribution in [0.3, 0.4) is 0 Å². The molecule has 2 aromatic rings. The molecule has 1 aromatic carbocycles. The summed E-state index contributed by atoms with van der Waals surface area (Å²) in [5, 5.41) is 3.86. The predicted molar refractivity (Wildman–Crippen MR) is 88.5 cm³/mol. The van der Waals surface area contributed by atoms with Crippen LogP contribution in [0.5, 0.6) is 11.6 Å². The van der Waals surface area contributed by atoms with E-state index in [1.165, 1.54) is 0 Å². The number of pyridine rings is 1. The second-order valence-corrected chi connectivity index (χ2v) is 6.25. The molecule has 106 valence electrons. The molecule has 1 aromatic heterocycles. The van der Waals surface area contributed by atoms with Gasteiger partial charge >= 0.3 is 0 Å². The molecule has 0 aliphatic carbocycles. The quantitative estimate of drug-likeness (QED) is 0.725. The lowest BCUT2D eigenvalue weighted by Gasteiger charge is -2.10. The van der Waals surface area contributed by atoms with Crippen molar-refractivity contribution in [1.82, 2.24) is 10.3 Å². The number of nitrogens with zero attached hydrogens (tertiary/aromatic N) is 1. The van der Waals surface area contributed by atoms with Crippen molar-refractivity contribution >= 4 is 43.5 Å². The van der Waals surface area contributed by atoms with Crippen LogP contribution in [-0.2, 0) is 6.54 Å². The SMILES string of the molecule is CCNCc1cc(Oc2ccc(Br)cc2Br)ncc1Cl. The first-order valence-corrected chi connectivity index (χ1v) is 8.04. The van der Waals surface area contributed by atoms with Crippen molar-refractivity contribution in [2.45, 2.75) is 13.5 Å². The molecule has 2 rings (SSSR count). The molecule has 1 heterocycles. The molecule has 1 N–H and O–H groups in total. The summed E-state index contributed by atoms with van der Waals surface area (Å²) in [4.78, 5) is 4.19. The second-order valence-electron chi connectivity index (χ2n) is 4.07. The smallest absolute Gasteiger partial charge is 0.219 e. The van der Waals surface area contributed by atoms with E-state index in [1.54, 1.807) is 6.20 Å². The van der Waals surface area contributed by atoms with Crippen molar-refractivity contribution in [3.63, 3.8) is 0 Å². The molecule has 0 spiro atoms. The summed E-state index contributed by atoms with van der Waals surface area (Å²) in [5.74, 6) is 1.22. The zero-order valence-electron chi connectivity index (χ0n) is 10.8. The number of halogens is 3. The highest BCUT2D eigenvalue weighted by Crippen LogP contribution is 2.32. The number of nitrogens with one attached hydrogen (secondary N) is 1. The van der Waals surface area contributed by atoms with E-state index in [-0.39, 0.29) is 0 Å². The molecule has 0 saturated heterocycles. The first kappa shape index (κ1) is 15.8. The van der Waals surface area contributed by atoms with Gasteiger partial charge in [0, 0.05) is 23.3 Å². The molecular weight excluding hydrogens is 407 g/mol. The van der Waals surface area contributed by atoms with Gasteiger partial charge in [0.2, 0.25) is 5.88 Å². The van der Waals surface area contributed by atoms with Crippen molar-refractivity contribution in [3.05, 3.63) is 50.0 Å². The van der Waals surface area contributed by atoms with Gasteiger partial charge in [0.25, 0.3) is 0 Å². The number of rotatable bonds is 5. The van der Waals surface area contributed by atoms with Gasteiger partial charge in [0.15, 0.2) is 0 Å². The van der Waals surface area contributed by atoms with Gasteiger partial charge in [-0.2, -0.15) is 0 Å². The van der Waals surface area contributed by atoms with Crippen LogP contribution in [-0.4, -0.2) is 11.5 Å². The molecule has 0 aliphatic heterocycles. The van der Waals surface area contributed by atoms with Crippen LogP contribution in [0, 0.1) is 0 Å². The Hall–Kier alpha value is -0.620. The van der Waals surface area contributed by atoms with Crippen molar-refractivity contribution in [2.75, 3.05) is 6.54 Å². The fraction of sp³-hybridized carbons (Fsp3) is 0.214. The van der Waals surface area contributed by atoms with Crippen molar-refractivity contribution in [2.24, 2.45) is 0 Å². The lowest BCUT2D eigenvalue weighted by molar-refractivity contribution is 0.459. The van der Waals surface area contributed by atoms with Crippen LogP contribution in [0.1, 0.15) is 12.5 Å². The maximum atomic E-state index is 6.11. The molecule has 0 saturated carbocycles. The summed E-state index contributed by atoms with van der Waals surface area (Å²) in [6.45, 7) is 3.62. The molecule has 0 unspecified atom stereocenters. The fourth-order valence-electron chi connectivity index (χ4n) is 1.58. The van der Waals surface area contributed by atoms with Gasteiger partial charge in [-0.15, -0.1) is 0 Å². The molecule has 0 fully saturated rings. The Labute approximate surface area is 140 Å². The summed E-state index contributed by atoms with van der Waals surface area (Å²) in [6.07, 6.45) is 1.61. The molecule has 3 nitrogen and oxygen atoms in total. The van der Waals surface area contributed by atoms with Gasteiger partial charge in [-0.1, -0.05) is 34.5 Å². The Morgan fingerprint density at radius 3 is 2.80 bits per heavy atom. The van der Waals surface area contributed by atoms with Gasteiger partial charge in [-0.05, 0) is 46.2 Å². The van der Waals surface area contributed by atoms with Crippen LogP contribution in [0.4, 0.5) is 0 Å². The Balaban J connectivity index is 2.20. The average molecular weight is 421 g/mol. The van der Waals surface area contributed by atoms with Crippen LogP contribution >= 0.6 is 43.5 Å². The van der Waals surface area contributed by atoms with Crippen molar-refractivity contribution < 1.29 is 4.74 Å². The summed E-state index contributed by atoms with van der Waals surface area (Å²) < 4.78 is 7.61. The minimum atomic E-state index is 0.519. The molecule has 0 aliphatic rings. The Morgan fingerprint density at radius 1 is 1.30 bits per heavy atom. The van der Waals surface area contributed by atoms with Gasteiger partial charge in [-0.3, -0.25) is 0 Å². The minimum absolute atomic E-state index is 0.519. The van der Waals surface area contributed by atoms with E-state index in [0.717, 1.165) is 21.1 Å². The molecule has 0 amide bonds. The van der Waals surface area contributed by atoms with Crippen LogP contribution in [0.2, 0.25) is 5.02 Å². The van der Waals surface area contributed by atoms with Gasteiger partial charge in [-0.25, -0.2) is 4.98 Å². The van der Waals surface area contributed by atoms with E-state index in [4.69, 9.17) is 16.3 Å². The number of ether oxygens (including phenoxy) is 1. The number of aromatic nitrogens is 1. The van der Waals surface area contributed by atoms with E-state index < -0.39 is 0 Å². The zero-order valence-corrected chi connectivity index (χ0v) is 14.7. The van der Waals surface area contributed by atoms with Crippen LogP contribution in [0.25, 0.3) is 0 Å². The van der Waals surface area contributed by atoms with E-state index in [9.17, 15) is 0 Å². The van der Waals surface area contributed by atoms with E-state index in [1.807, 2.05) is 31.2 Å². The largest absolute Gasteiger partial charge is 0.438 e. The average Bonchev–Trinajstić information content (AvgIpc) is 2.42. The van der Waals surface area contributed by atoms with Crippen LogP contribution < -0.4 is 10.1 Å². The van der Waals surface area contributed by atoms with Gasteiger partial charge in [0.05, 0.1) is 9.50 Å². The van der Waals surface area contributed by atoms with Crippen molar-refractivity contribution in [3.8, 4) is 11.6 Å². The first-order chi connectivity index (χ1) is 9.60. The highest BCUT2D eigenvalue weighted by Gasteiger charge is 2.07. The van der Waals surface area contributed by atoms with Gasteiger partial charge in [0.1, 0.15) is 5.75 Å². The van der Waals surface area contributed by atoms with E-state index in [0.29, 0.717) is 23.2 Å². The number of benzene rings is 1. The third-order valence-electron chi connectivity index (χ3n) is 2.58. The standard InChI is InChI=1S/C14H13Br2ClN2O/c1-2-18-7-9-5-14(19-8-12(9)17)20-13-4-3-10(15)6-11(13)16/h3-6,8,18H,2,7H2,1H3. The van der Waals surface area contributed by atoms with Gasteiger partial charge < -0.3 is 10.1 Å². The van der Waals surface area contributed by atoms with E-state index in [2.05, 4.69) is 42.2 Å². The number of hydrogen-bond donors (Lipinski definition) is 1. The molecule has 0 atom stereocenters. The summed E-state index contributed by atoms with van der Waals surface area (Å²) in [6, 6.07) is 7.55. The fourth-order valence-corrected chi connectivity index (χ4v) is 2.88. The predicted octanol–water partition coefficient (Wildman–Crippen LogP) is 5.16. The minimum Gasteiger partial charge on any atom is -0.438 e. The highest BCUT2D eigenvalue weighted by molar-refractivity contribution is 9.11. The maximum absolute atomic E-state index is 6.11.